The van der Waals surface area contributed by atoms with E-state index < -0.39 is 52.9 Å². The number of carbonyl (C=O) groups is 4. The predicted molar refractivity (Wildman–Crippen MR) is 245 cm³/mol. The van der Waals surface area contributed by atoms with Crippen LogP contribution >= 0.6 is 0 Å². The summed E-state index contributed by atoms with van der Waals surface area (Å²) in [6.07, 6.45) is 9.57. The summed E-state index contributed by atoms with van der Waals surface area (Å²) in [7, 11) is 1.00. The van der Waals surface area contributed by atoms with Gasteiger partial charge in [-0.25, -0.2) is 0 Å². The molecule has 7 N–H and O–H groups in total. The van der Waals surface area contributed by atoms with E-state index in [0.717, 1.165) is 26.7 Å². The number of phenolic OH excluding ortho intramolecular Hbond substituents is 2. The molecule has 0 radical (unpaired) electrons. The number of fused-ring (bicyclic) bond motifs is 13. The molecule has 5 aliphatic heterocycles. The van der Waals surface area contributed by atoms with Crippen LogP contribution in [0.25, 0.3) is 10.8 Å². The fourth-order valence-corrected chi connectivity index (χ4v) is 9.53. The van der Waals surface area contributed by atoms with E-state index in [4.69, 9.17) is 30.3 Å². The highest BCUT2D eigenvalue weighted by Gasteiger charge is 2.48. The van der Waals surface area contributed by atoms with Gasteiger partial charge in [-0.3, -0.25) is 29.2 Å². The number of anilines is 1. The van der Waals surface area contributed by atoms with Gasteiger partial charge in [0, 0.05) is 74.9 Å². The zero-order valence-corrected chi connectivity index (χ0v) is 39.2. The number of amides is 2. The van der Waals surface area contributed by atoms with Gasteiger partial charge in [-0.1, -0.05) is 71.9 Å². The van der Waals surface area contributed by atoms with E-state index in [1.165, 1.54) is 0 Å². The number of hydrogen-bond donors (Lipinski definition) is 6. The lowest BCUT2D eigenvalue weighted by Crippen LogP contribution is -2.43. The van der Waals surface area contributed by atoms with Gasteiger partial charge in [-0.15, -0.1) is 0 Å². The molecule has 7 atom stereocenters. The Balaban J connectivity index is 0.00000380. The molecule has 5 bridgehead atoms. The number of primary amides is 1. The van der Waals surface area contributed by atoms with Crippen LogP contribution in [0.4, 0.5) is 5.69 Å². The summed E-state index contributed by atoms with van der Waals surface area (Å²) in [4.78, 5) is 65.9. The molecule has 7 rings (SSSR count). The Hall–Kier alpha value is -5.12. The lowest BCUT2D eigenvalue weighted by Gasteiger charge is -2.36. The summed E-state index contributed by atoms with van der Waals surface area (Å²) in [6, 6.07) is 0. The van der Waals surface area contributed by atoms with Crippen molar-refractivity contribution >= 4 is 40.0 Å². The number of piperidine rings is 1. The van der Waals surface area contributed by atoms with Crippen LogP contribution in [0.1, 0.15) is 116 Å². The maximum Gasteiger partial charge on any atom is 0.306 e. The molecule has 5 aliphatic rings. The fourth-order valence-electron chi connectivity index (χ4n) is 9.53. The molecule has 2 aromatic carbocycles. The Bertz CT molecular complexity index is 2350. The van der Waals surface area contributed by atoms with E-state index in [2.05, 4.69) is 24.1 Å². The molecule has 2 amide bonds. The maximum absolute atomic E-state index is 14.8. The fraction of sp³-hybridized carbons (Fsp3) is 0.592. The second-order valence-corrected chi connectivity index (χ2v) is 18.9. The Morgan fingerprint density at radius 3 is 2.28 bits per heavy atom. The molecule has 0 aliphatic carbocycles. The minimum atomic E-state index is -1.40. The number of nitrogens with one attached hydrogen (secondary N) is 1. The first-order valence-electron chi connectivity index (χ1n) is 22.6. The Morgan fingerprint density at radius 2 is 1.64 bits per heavy atom. The Kier molecular flexibility index (Phi) is 15.9. The number of rotatable bonds is 6. The molecule has 2 aromatic rings. The van der Waals surface area contributed by atoms with E-state index in [-0.39, 0.29) is 87.2 Å². The molecule has 0 saturated carbocycles. The van der Waals surface area contributed by atoms with Crippen LogP contribution in [0.2, 0.25) is 0 Å². The number of allylic oxidation sites excluding steroid dienone is 4. The zero-order chi connectivity index (χ0) is 47.4. The van der Waals surface area contributed by atoms with Gasteiger partial charge in [-0.05, 0) is 57.3 Å². The number of aliphatic hydroxyl groups is 2. The van der Waals surface area contributed by atoms with E-state index in [9.17, 15) is 34.5 Å². The summed E-state index contributed by atoms with van der Waals surface area (Å²) in [5.74, 6) is -3.06. The number of carbonyl (C=O) groups excluding carboxylic acids is 4. The zero-order valence-electron chi connectivity index (χ0n) is 39.2. The van der Waals surface area contributed by atoms with Crippen molar-refractivity contribution < 1.29 is 49.1 Å². The summed E-state index contributed by atoms with van der Waals surface area (Å²) in [5, 5.41) is 46.3. The van der Waals surface area contributed by atoms with E-state index in [1.807, 2.05) is 45.9 Å². The van der Waals surface area contributed by atoms with Gasteiger partial charge in [0.1, 0.15) is 28.6 Å². The predicted octanol–water partition coefficient (Wildman–Crippen LogP) is 5.47. The van der Waals surface area contributed by atoms with Crippen molar-refractivity contribution in [2.45, 2.75) is 131 Å². The second kappa shape index (κ2) is 20.4. The van der Waals surface area contributed by atoms with Gasteiger partial charge in [0.15, 0.2) is 17.0 Å². The monoisotopic (exact) mass is 888 g/mol. The molecular formula is C49H69N5O10. The molecule has 350 valence electrons. The average Bonchev–Trinajstić information content (AvgIpc) is 3.75. The highest BCUT2D eigenvalue weighted by atomic mass is 16.5. The summed E-state index contributed by atoms with van der Waals surface area (Å²) in [6.45, 7) is 19.4. The lowest BCUT2D eigenvalue weighted by atomic mass is 9.80. The van der Waals surface area contributed by atoms with Gasteiger partial charge in [0.25, 0.3) is 5.91 Å². The number of ether oxygens (including phenoxy) is 2. The molecule has 1 fully saturated rings. The first-order chi connectivity index (χ1) is 30.2. The van der Waals surface area contributed by atoms with Crippen LogP contribution in [0.5, 0.6) is 17.2 Å². The highest BCUT2D eigenvalue weighted by molar-refractivity contribution is 6.20. The minimum absolute atomic E-state index is 0.00296. The summed E-state index contributed by atoms with van der Waals surface area (Å²) < 4.78 is 12.5. The minimum Gasteiger partial charge on any atom is -0.507 e. The summed E-state index contributed by atoms with van der Waals surface area (Å²) in [5.41, 5.74) is 3.77. The third kappa shape index (κ3) is 10.4. The number of nitrogens with two attached hydrogens (primary N) is 1. The third-order valence-corrected chi connectivity index (χ3v) is 13.1. The van der Waals surface area contributed by atoms with Crippen molar-refractivity contribution in [2.75, 3.05) is 32.1 Å². The normalized spacial score (nSPS) is 29.1. The number of phenols is 2. The molecular weight excluding hydrogens is 819 g/mol. The Labute approximate surface area is 376 Å². The van der Waals surface area contributed by atoms with Crippen molar-refractivity contribution in [2.24, 2.45) is 45.3 Å². The highest BCUT2D eigenvalue weighted by Crippen LogP contribution is 2.50. The number of nitrogens with zero attached hydrogens (tertiary/aromatic N) is 3. The van der Waals surface area contributed by atoms with Crippen LogP contribution in [0.15, 0.2) is 45.9 Å². The molecule has 5 heterocycles. The largest absolute Gasteiger partial charge is 0.507 e. The molecule has 15 heteroatoms. The van der Waals surface area contributed by atoms with Gasteiger partial charge in [0.05, 0.1) is 28.8 Å². The smallest absolute Gasteiger partial charge is 0.306 e. The summed E-state index contributed by atoms with van der Waals surface area (Å²) >= 11 is 0. The SMILES string of the molecule is C/C1=C/C=C/[C@H](C)C[C@@H](C)[C@@H](O)[C@@H](C)[C@H](OC(=O)CCC(N)=O)[C@H](C)C/C=C/C[C@@]2(C)Oc3c(C)c(O)c4c(O)c(c5c(c4c3C2=O)=NC2(CCN(CC(C)C)CC2)N=5)NC1=O.CO. The quantitative estimate of drug-likeness (QED) is 0.121. The topological polar surface area (TPSA) is 234 Å². The van der Waals surface area contributed by atoms with Crippen molar-refractivity contribution in [3.63, 3.8) is 0 Å². The van der Waals surface area contributed by atoms with Crippen molar-refractivity contribution in [1.82, 2.24) is 4.90 Å². The van der Waals surface area contributed by atoms with Crippen LogP contribution in [-0.4, -0.2) is 99.1 Å². The van der Waals surface area contributed by atoms with Gasteiger partial charge in [0.2, 0.25) is 11.7 Å². The lowest BCUT2D eigenvalue weighted by molar-refractivity contribution is -0.159. The number of aromatic hydroxyl groups is 2. The molecule has 0 aromatic heterocycles. The molecule has 15 nitrogen and oxygen atoms in total. The number of hydrogen-bond acceptors (Lipinski definition) is 13. The van der Waals surface area contributed by atoms with Crippen molar-refractivity contribution in [3.05, 3.63) is 57.8 Å². The van der Waals surface area contributed by atoms with Crippen LogP contribution in [0.3, 0.4) is 0 Å². The van der Waals surface area contributed by atoms with Gasteiger partial charge >= 0.3 is 5.97 Å². The van der Waals surface area contributed by atoms with E-state index in [1.54, 1.807) is 32.9 Å². The van der Waals surface area contributed by atoms with Crippen LogP contribution in [-0.2, 0) is 19.1 Å². The first kappa shape index (κ1) is 49.9. The maximum atomic E-state index is 14.8. The van der Waals surface area contributed by atoms with E-state index in [0.29, 0.717) is 42.5 Å². The standard InChI is InChI=1S/C48H65N5O9.CH4O/c1-25(2)24-53-21-19-48(20-22-53)51-37-34-35-41(57)31(8)44-36(34)45(59)47(9,62-44)18-11-10-14-27(4)43(61-33(55)17-16-32(49)54)30(7)40(56)29(6)23-26(3)13-12-15-28(5)46(60)50-39(42(35)58)38(37)52-48;1-2/h10-13,15,25-27,29-30,40,43,56-58H,14,16-24H2,1-9H3,(H2,49,54)(H,50,60);2H,1H3/b11-10+,13-12+,28-15-;/t26-,27+,29+,30+,40+,43+,47+;/m0./s1. The molecule has 1 spiro atoms. The molecule has 64 heavy (non-hydrogen) atoms. The van der Waals surface area contributed by atoms with Crippen molar-refractivity contribution in [3.8, 4) is 17.2 Å². The van der Waals surface area contributed by atoms with E-state index >= 15 is 0 Å². The average molecular weight is 888 g/mol. The van der Waals surface area contributed by atoms with Gasteiger partial charge < -0.3 is 45.9 Å². The van der Waals surface area contributed by atoms with Crippen LogP contribution in [0, 0.1) is 36.5 Å². The number of esters is 1. The number of ketones is 1. The number of likely N-dealkylation sites (tertiary alicyclic amines) is 1. The van der Waals surface area contributed by atoms with Gasteiger partial charge in [-0.2, -0.15) is 0 Å². The first-order valence-corrected chi connectivity index (χ1v) is 22.6. The number of benzene rings is 2. The van der Waals surface area contributed by atoms with Crippen LogP contribution < -0.4 is 26.5 Å². The number of Topliss-reactive ketones (excluding diaryl/α,β-unsaturated/α-hetero) is 1. The number of aliphatic hydroxyl groups excluding tert-OH is 2. The molecule has 1 saturated heterocycles. The van der Waals surface area contributed by atoms with Crippen molar-refractivity contribution in [1.29, 1.82) is 0 Å². The second-order valence-electron chi connectivity index (χ2n) is 18.9. The molecule has 0 unspecified atom stereocenters. The third-order valence-electron chi connectivity index (χ3n) is 13.1. The Morgan fingerprint density at radius 1 is 0.984 bits per heavy atom.